The molecule has 186 valence electrons. The summed E-state index contributed by atoms with van der Waals surface area (Å²) in [7, 11) is 3.15. The van der Waals surface area contributed by atoms with Crippen molar-refractivity contribution < 1.29 is 29.0 Å². The minimum atomic E-state index is -1.03. The van der Waals surface area contributed by atoms with Crippen molar-refractivity contribution in [1.29, 1.82) is 0 Å². The van der Waals surface area contributed by atoms with Gasteiger partial charge in [-0.25, -0.2) is 0 Å². The number of carbonyl (C=O) groups is 3. The van der Waals surface area contributed by atoms with Crippen molar-refractivity contribution in [3.8, 4) is 5.75 Å². The fraction of sp³-hybridized carbons (Fsp3) is 0.640. The van der Waals surface area contributed by atoms with Crippen molar-refractivity contribution in [2.24, 2.45) is 11.8 Å². The fourth-order valence-electron chi connectivity index (χ4n) is 6.27. The predicted molar refractivity (Wildman–Crippen MR) is 125 cm³/mol. The second-order valence-electron chi connectivity index (χ2n) is 9.48. The van der Waals surface area contributed by atoms with Crippen molar-refractivity contribution in [2.45, 2.75) is 62.7 Å². The number of ether oxygens (including phenoxy) is 2. The van der Waals surface area contributed by atoms with Gasteiger partial charge in [0.05, 0.1) is 24.5 Å². The third-order valence-electron chi connectivity index (χ3n) is 7.87. The van der Waals surface area contributed by atoms with Crippen LogP contribution in [0.25, 0.3) is 0 Å². The molecular weight excluding hydrogens is 438 g/mol. The van der Waals surface area contributed by atoms with Gasteiger partial charge >= 0.3 is 0 Å². The number of rotatable bonds is 10. The number of methoxy groups -OCH3 is 1. The number of unbranched alkanes of at least 4 members (excludes halogenated alkanes) is 2. The van der Waals surface area contributed by atoms with Crippen LogP contribution in [0, 0.1) is 11.8 Å². The molecule has 0 aromatic heterocycles. The molecule has 3 heterocycles. The second-order valence-corrected chi connectivity index (χ2v) is 9.48. The van der Waals surface area contributed by atoms with Gasteiger partial charge in [-0.05, 0) is 62.8 Å². The topological polar surface area (TPSA) is 117 Å². The number of anilines is 1. The van der Waals surface area contributed by atoms with Gasteiger partial charge in [0.2, 0.25) is 17.7 Å². The van der Waals surface area contributed by atoms with Gasteiger partial charge in [0.15, 0.2) is 0 Å². The fourth-order valence-corrected chi connectivity index (χ4v) is 6.27. The van der Waals surface area contributed by atoms with Crippen molar-refractivity contribution in [1.82, 2.24) is 10.2 Å². The Labute approximate surface area is 200 Å². The average molecular weight is 474 g/mol. The Balaban J connectivity index is 1.68. The zero-order chi connectivity index (χ0) is 24.5. The minimum Gasteiger partial charge on any atom is -0.497 e. The van der Waals surface area contributed by atoms with E-state index in [1.54, 1.807) is 43.3 Å². The lowest BCUT2D eigenvalue weighted by molar-refractivity contribution is -0.145. The molecule has 3 N–H and O–H groups in total. The normalized spacial score (nSPS) is 31.5. The maximum Gasteiger partial charge on any atom is 0.250 e. The summed E-state index contributed by atoms with van der Waals surface area (Å²) in [5.74, 6) is -1.35. The van der Waals surface area contributed by atoms with Gasteiger partial charge in [0.1, 0.15) is 17.4 Å². The van der Waals surface area contributed by atoms with E-state index >= 15 is 0 Å². The van der Waals surface area contributed by atoms with E-state index in [1.165, 1.54) is 0 Å². The van der Waals surface area contributed by atoms with Gasteiger partial charge in [-0.2, -0.15) is 0 Å². The highest BCUT2D eigenvalue weighted by Gasteiger charge is 2.78. The lowest BCUT2D eigenvalue weighted by Gasteiger charge is -2.33. The van der Waals surface area contributed by atoms with Crippen LogP contribution in [0.5, 0.6) is 5.75 Å². The first-order valence-corrected chi connectivity index (χ1v) is 12.2. The second kappa shape index (κ2) is 9.54. The number of nitrogens with one attached hydrogen (secondary N) is 2. The van der Waals surface area contributed by atoms with E-state index in [4.69, 9.17) is 14.6 Å². The highest BCUT2D eigenvalue weighted by molar-refractivity contribution is 6.03. The maximum atomic E-state index is 13.8. The molecule has 2 bridgehead atoms. The molecule has 0 saturated carbocycles. The summed E-state index contributed by atoms with van der Waals surface area (Å²) in [5.41, 5.74) is -1.17. The van der Waals surface area contributed by atoms with E-state index in [1.807, 2.05) is 6.92 Å². The molecule has 1 spiro atoms. The summed E-state index contributed by atoms with van der Waals surface area (Å²) in [4.78, 5) is 42.1. The number of likely N-dealkylation sites (tertiary alicyclic amines) is 1. The zero-order valence-corrected chi connectivity index (χ0v) is 20.1. The number of amides is 3. The Hall–Kier alpha value is -2.65. The summed E-state index contributed by atoms with van der Waals surface area (Å²) in [6, 6.07) is 6.19. The Morgan fingerprint density at radius 3 is 2.53 bits per heavy atom. The van der Waals surface area contributed by atoms with Crippen LogP contribution in [-0.2, 0) is 19.1 Å². The van der Waals surface area contributed by atoms with Crippen LogP contribution in [-0.4, -0.2) is 72.3 Å². The molecule has 1 aromatic carbocycles. The molecule has 9 heteroatoms. The van der Waals surface area contributed by atoms with Crippen LogP contribution in [0.3, 0.4) is 0 Å². The SMILES string of the molecule is CC[C@@]12CCC3(O1)C(C(=O)Nc1ccc(OC)cc1)N(CCCCCO)C(=O)[C@@H]3[C@@H]2C(=O)NC. The van der Waals surface area contributed by atoms with E-state index in [-0.39, 0.29) is 24.3 Å². The third kappa shape index (κ3) is 3.75. The van der Waals surface area contributed by atoms with Gasteiger partial charge in [0, 0.05) is 25.9 Å². The summed E-state index contributed by atoms with van der Waals surface area (Å²) in [6.07, 6.45) is 3.82. The van der Waals surface area contributed by atoms with Crippen LogP contribution in [0.2, 0.25) is 0 Å². The number of carbonyl (C=O) groups excluding carboxylic acids is 3. The summed E-state index contributed by atoms with van der Waals surface area (Å²) < 4.78 is 11.8. The summed E-state index contributed by atoms with van der Waals surface area (Å²) in [5, 5.41) is 14.8. The Morgan fingerprint density at radius 2 is 1.91 bits per heavy atom. The van der Waals surface area contributed by atoms with Gasteiger partial charge in [0.25, 0.3) is 0 Å². The molecule has 4 rings (SSSR count). The van der Waals surface area contributed by atoms with Crippen LogP contribution < -0.4 is 15.4 Å². The molecule has 5 atom stereocenters. The first kappa shape index (κ1) is 24.5. The van der Waals surface area contributed by atoms with Gasteiger partial charge in [-0.1, -0.05) is 6.92 Å². The Morgan fingerprint density at radius 1 is 1.18 bits per heavy atom. The van der Waals surface area contributed by atoms with E-state index in [2.05, 4.69) is 10.6 Å². The molecule has 3 aliphatic heterocycles. The highest BCUT2D eigenvalue weighted by Crippen LogP contribution is 2.64. The molecule has 1 aromatic rings. The zero-order valence-electron chi connectivity index (χ0n) is 20.1. The lowest BCUT2D eigenvalue weighted by atomic mass is 9.65. The third-order valence-corrected chi connectivity index (χ3v) is 7.87. The van der Waals surface area contributed by atoms with E-state index in [9.17, 15) is 14.4 Å². The standard InChI is InChI=1S/C25H35N3O6/c1-4-24-12-13-25(34-24)19(18(24)21(30)26-2)23(32)28(14-6-5-7-15-29)20(25)22(31)27-16-8-10-17(33-3)11-9-16/h8-11,18-20,29H,4-7,12-15H2,1-3H3,(H,26,30)(H,27,31)/t18-,19+,20?,24+,25?/m1/s1. The molecule has 0 radical (unpaired) electrons. The van der Waals surface area contributed by atoms with Crippen LogP contribution in [0.15, 0.2) is 24.3 Å². The largest absolute Gasteiger partial charge is 0.497 e. The molecule has 3 fully saturated rings. The van der Waals surface area contributed by atoms with Gasteiger partial charge in [-0.3, -0.25) is 14.4 Å². The quantitative estimate of drug-likeness (QED) is 0.445. The van der Waals surface area contributed by atoms with Crippen LogP contribution in [0.1, 0.15) is 45.4 Å². The molecule has 3 amide bonds. The minimum absolute atomic E-state index is 0.0861. The summed E-state index contributed by atoms with van der Waals surface area (Å²) in [6.45, 7) is 2.43. The predicted octanol–water partition coefficient (Wildman–Crippen LogP) is 1.70. The number of aliphatic hydroxyl groups is 1. The van der Waals surface area contributed by atoms with Crippen molar-refractivity contribution in [3.05, 3.63) is 24.3 Å². The number of hydrogen-bond acceptors (Lipinski definition) is 6. The first-order valence-electron chi connectivity index (χ1n) is 12.2. The van der Waals surface area contributed by atoms with E-state index in [0.717, 1.165) is 6.42 Å². The first-order chi connectivity index (χ1) is 16.4. The number of nitrogens with zero attached hydrogens (tertiary/aromatic N) is 1. The van der Waals surface area contributed by atoms with Crippen molar-refractivity contribution in [2.75, 3.05) is 32.6 Å². The number of hydrogen-bond donors (Lipinski definition) is 3. The maximum absolute atomic E-state index is 13.8. The van der Waals surface area contributed by atoms with Crippen molar-refractivity contribution in [3.63, 3.8) is 0 Å². The molecule has 3 saturated heterocycles. The monoisotopic (exact) mass is 473 g/mol. The molecule has 3 aliphatic rings. The highest BCUT2D eigenvalue weighted by atomic mass is 16.5. The van der Waals surface area contributed by atoms with Crippen LogP contribution >= 0.6 is 0 Å². The molecular formula is C25H35N3O6. The molecule has 2 unspecified atom stereocenters. The number of benzene rings is 1. The summed E-state index contributed by atoms with van der Waals surface area (Å²) >= 11 is 0. The number of aliphatic hydroxyl groups excluding tert-OH is 1. The molecule has 0 aliphatic carbocycles. The molecule has 9 nitrogen and oxygen atoms in total. The average Bonchev–Trinajstić information content (AvgIpc) is 3.45. The number of fused-ring (bicyclic) bond motifs is 1. The smallest absolute Gasteiger partial charge is 0.250 e. The van der Waals surface area contributed by atoms with Gasteiger partial charge in [-0.15, -0.1) is 0 Å². The van der Waals surface area contributed by atoms with E-state index in [0.29, 0.717) is 50.1 Å². The van der Waals surface area contributed by atoms with Crippen molar-refractivity contribution >= 4 is 23.4 Å². The Kier molecular flexibility index (Phi) is 6.87. The Bertz CT molecular complexity index is 937. The van der Waals surface area contributed by atoms with Crippen LogP contribution in [0.4, 0.5) is 5.69 Å². The van der Waals surface area contributed by atoms with Gasteiger partial charge < -0.3 is 30.1 Å². The van der Waals surface area contributed by atoms with E-state index < -0.39 is 29.1 Å². The lowest BCUT2D eigenvalue weighted by Crippen LogP contribution is -2.53. The molecule has 34 heavy (non-hydrogen) atoms.